The van der Waals surface area contributed by atoms with Crippen LogP contribution in [0.3, 0.4) is 0 Å². The van der Waals surface area contributed by atoms with Gasteiger partial charge in [0.2, 0.25) is 0 Å². The zero-order valence-corrected chi connectivity index (χ0v) is 15.8. The van der Waals surface area contributed by atoms with Gasteiger partial charge in [-0.05, 0) is 26.0 Å². The van der Waals surface area contributed by atoms with E-state index in [-0.39, 0.29) is 11.0 Å². The summed E-state index contributed by atoms with van der Waals surface area (Å²) in [4.78, 5) is 12.6. The summed E-state index contributed by atoms with van der Waals surface area (Å²) >= 11 is 7.64. The Bertz CT molecular complexity index is 905. The Morgan fingerprint density at radius 3 is 2.48 bits per heavy atom. The van der Waals surface area contributed by atoms with Crippen molar-refractivity contribution in [3.8, 4) is 11.4 Å². The normalized spacial score (nSPS) is 12.2. The second-order valence-electron chi connectivity index (χ2n) is 5.84. The van der Waals surface area contributed by atoms with Gasteiger partial charge in [0, 0.05) is 18.2 Å². The second kappa shape index (κ2) is 7.42. The minimum absolute atomic E-state index is 0.0762. The summed E-state index contributed by atoms with van der Waals surface area (Å²) in [6, 6.07) is 15.1. The molecule has 1 heterocycles. The highest BCUT2D eigenvalue weighted by atomic mass is 35.5. The number of carbonyl (C=O) groups is 1. The van der Waals surface area contributed by atoms with Gasteiger partial charge in [-0.15, -0.1) is 10.2 Å². The zero-order chi connectivity index (χ0) is 18.0. The number of halogens is 1. The lowest BCUT2D eigenvalue weighted by Gasteiger charge is -2.10. The number of Topliss-reactive ketones (excluding diaryl/α,β-unsaturated/α-hetero) is 1. The Hall–Kier alpha value is -2.11. The lowest BCUT2D eigenvalue weighted by molar-refractivity contribution is 0.0994. The maximum Gasteiger partial charge on any atom is 0.191 e. The summed E-state index contributed by atoms with van der Waals surface area (Å²) in [5.74, 6) is 0.760. The van der Waals surface area contributed by atoms with Gasteiger partial charge in [0.15, 0.2) is 16.8 Å². The van der Waals surface area contributed by atoms with Crippen molar-refractivity contribution in [1.29, 1.82) is 0 Å². The first-order chi connectivity index (χ1) is 12.0. The van der Waals surface area contributed by atoms with Crippen LogP contribution < -0.4 is 0 Å². The number of hydrogen-bond donors (Lipinski definition) is 0. The first kappa shape index (κ1) is 17.7. The monoisotopic (exact) mass is 371 g/mol. The van der Waals surface area contributed by atoms with Crippen molar-refractivity contribution in [1.82, 2.24) is 14.8 Å². The summed E-state index contributed by atoms with van der Waals surface area (Å²) in [5, 5.41) is 9.52. The molecule has 0 aliphatic carbocycles. The molecular formula is C19H18ClN3OS. The van der Waals surface area contributed by atoms with Crippen LogP contribution in [0.25, 0.3) is 11.4 Å². The van der Waals surface area contributed by atoms with Crippen LogP contribution in [-0.4, -0.2) is 25.8 Å². The molecule has 25 heavy (non-hydrogen) atoms. The van der Waals surface area contributed by atoms with Crippen molar-refractivity contribution in [3.05, 3.63) is 64.7 Å². The topological polar surface area (TPSA) is 47.8 Å². The highest BCUT2D eigenvalue weighted by Crippen LogP contribution is 2.30. The average Bonchev–Trinajstić information content (AvgIpc) is 2.96. The number of aromatic nitrogens is 3. The third-order valence-electron chi connectivity index (χ3n) is 3.94. The van der Waals surface area contributed by atoms with E-state index in [1.165, 1.54) is 11.8 Å². The van der Waals surface area contributed by atoms with Crippen LogP contribution in [0.4, 0.5) is 0 Å². The molecule has 0 aliphatic heterocycles. The number of nitrogens with zero attached hydrogens (tertiary/aromatic N) is 3. The molecule has 6 heteroatoms. The Morgan fingerprint density at radius 1 is 1.12 bits per heavy atom. The van der Waals surface area contributed by atoms with Crippen molar-refractivity contribution in [2.24, 2.45) is 7.05 Å². The molecule has 0 saturated carbocycles. The molecule has 0 saturated heterocycles. The molecule has 4 nitrogen and oxygen atoms in total. The summed E-state index contributed by atoms with van der Waals surface area (Å²) < 4.78 is 1.87. The lowest BCUT2D eigenvalue weighted by atomic mass is 10.1. The van der Waals surface area contributed by atoms with E-state index >= 15 is 0 Å². The highest BCUT2D eigenvalue weighted by Gasteiger charge is 2.21. The minimum atomic E-state index is -0.260. The quantitative estimate of drug-likeness (QED) is 0.477. The predicted molar refractivity (Wildman–Crippen MR) is 102 cm³/mol. The fraction of sp³-hybridized carbons (Fsp3) is 0.211. The van der Waals surface area contributed by atoms with E-state index in [9.17, 15) is 4.79 Å². The van der Waals surface area contributed by atoms with E-state index < -0.39 is 0 Å². The van der Waals surface area contributed by atoms with E-state index in [4.69, 9.17) is 11.6 Å². The van der Waals surface area contributed by atoms with Crippen LogP contribution in [0.1, 0.15) is 22.8 Å². The van der Waals surface area contributed by atoms with Gasteiger partial charge in [-0.1, -0.05) is 65.3 Å². The smallest absolute Gasteiger partial charge is 0.191 e. The van der Waals surface area contributed by atoms with Gasteiger partial charge in [0.25, 0.3) is 0 Å². The maximum absolute atomic E-state index is 12.6. The van der Waals surface area contributed by atoms with Crippen LogP contribution >= 0.6 is 23.4 Å². The summed E-state index contributed by atoms with van der Waals surface area (Å²) in [6.45, 7) is 3.89. The molecule has 0 fully saturated rings. The van der Waals surface area contributed by atoms with Crippen LogP contribution in [0, 0.1) is 6.92 Å². The second-order valence-corrected chi connectivity index (χ2v) is 7.55. The third kappa shape index (κ3) is 3.78. The Kier molecular flexibility index (Phi) is 5.25. The van der Waals surface area contributed by atoms with Gasteiger partial charge in [0.1, 0.15) is 0 Å². The van der Waals surface area contributed by atoms with Crippen LogP contribution in [0.2, 0.25) is 5.02 Å². The molecule has 0 radical (unpaired) electrons. The molecule has 0 spiro atoms. The highest BCUT2D eigenvalue weighted by molar-refractivity contribution is 8.00. The fourth-order valence-corrected chi connectivity index (χ4v) is 3.57. The number of carbonyl (C=O) groups excluding carboxylic acids is 1. The first-order valence-electron chi connectivity index (χ1n) is 7.89. The van der Waals surface area contributed by atoms with E-state index in [0.717, 1.165) is 11.1 Å². The van der Waals surface area contributed by atoms with E-state index in [1.54, 1.807) is 0 Å². The molecule has 1 aromatic heterocycles. The van der Waals surface area contributed by atoms with Crippen molar-refractivity contribution < 1.29 is 4.79 Å². The van der Waals surface area contributed by atoms with Gasteiger partial charge in [-0.2, -0.15) is 0 Å². The molecule has 0 N–H and O–H groups in total. The molecule has 2 aromatic carbocycles. The summed E-state index contributed by atoms with van der Waals surface area (Å²) in [7, 11) is 1.88. The molecule has 0 amide bonds. The summed E-state index contributed by atoms with van der Waals surface area (Å²) in [6.07, 6.45) is 0. The molecule has 1 atom stereocenters. The minimum Gasteiger partial charge on any atom is -0.305 e. The average molecular weight is 372 g/mol. The Morgan fingerprint density at radius 2 is 1.80 bits per heavy atom. The molecule has 3 rings (SSSR count). The predicted octanol–water partition coefficient (Wildman–Crippen LogP) is 4.81. The fourth-order valence-electron chi connectivity index (χ4n) is 2.46. The third-order valence-corrected chi connectivity index (χ3v) is 5.40. The van der Waals surface area contributed by atoms with Crippen molar-refractivity contribution >= 4 is 29.1 Å². The summed E-state index contributed by atoms with van der Waals surface area (Å²) in [5.41, 5.74) is 2.66. The maximum atomic E-state index is 12.6. The number of rotatable bonds is 5. The molecular weight excluding hydrogens is 354 g/mol. The van der Waals surface area contributed by atoms with Crippen molar-refractivity contribution in [2.45, 2.75) is 24.3 Å². The lowest BCUT2D eigenvalue weighted by Crippen LogP contribution is -2.14. The van der Waals surface area contributed by atoms with Gasteiger partial charge in [-0.3, -0.25) is 4.79 Å². The largest absolute Gasteiger partial charge is 0.305 e. The van der Waals surface area contributed by atoms with E-state index in [2.05, 4.69) is 10.2 Å². The SMILES string of the molecule is Cc1ccc(C(=O)[C@@H](C)Sc2nnc(-c3ccccc3Cl)n2C)cc1. The van der Waals surface area contributed by atoms with Crippen molar-refractivity contribution in [3.63, 3.8) is 0 Å². The number of ketones is 1. The Balaban J connectivity index is 1.81. The van der Waals surface area contributed by atoms with Gasteiger partial charge in [0.05, 0.1) is 10.3 Å². The number of aryl methyl sites for hydroxylation is 1. The molecule has 0 bridgehead atoms. The molecule has 128 valence electrons. The van der Waals surface area contributed by atoms with Gasteiger partial charge < -0.3 is 4.57 Å². The Labute approximate surface area is 156 Å². The molecule has 0 aliphatic rings. The van der Waals surface area contributed by atoms with Crippen LogP contribution in [-0.2, 0) is 7.05 Å². The van der Waals surface area contributed by atoms with Gasteiger partial charge in [-0.25, -0.2) is 0 Å². The number of thioether (sulfide) groups is 1. The van der Waals surface area contributed by atoms with E-state index in [0.29, 0.717) is 21.6 Å². The van der Waals surface area contributed by atoms with Gasteiger partial charge >= 0.3 is 0 Å². The molecule has 3 aromatic rings. The van der Waals surface area contributed by atoms with Crippen LogP contribution in [0.5, 0.6) is 0 Å². The molecule has 0 unspecified atom stereocenters. The van der Waals surface area contributed by atoms with E-state index in [1.807, 2.05) is 74.0 Å². The standard InChI is InChI=1S/C19H18ClN3OS/c1-12-8-10-14(11-9-12)17(24)13(2)25-19-22-21-18(23(19)3)15-6-4-5-7-16(15)20/h4-11,13H,1-3H3/t13-/m1/s1. The number of benzene rings is 2. The van der Waals surface area contributed by atoms with Crippen LogP contribution in [0.15, 0.2) is 53.7 Å². The van der Waals surface area contributed by atoms with Crippen molar-refractivity contribution in [2.75, 3.05) is 0 Å². The zero-order valence-electron chi connectivity index (χ0n) is 14.2. The number of hydrogen-bond acceptors (Lipinski definition) is 4. The first-order valence-corrected chi connectivity index (χ1v) is 9.15.